The lowest BCUT2D eigenvalue weighted by molar-refractivity contribution is 0.102. The highest BCUT2D eigenvalue weighted by atomic mass is 79.9. The molecule has 0 aliphatic heterocycles. The van der Waals surface area contributed by atoms with Crippen LogP contribution in [-0.2, 0) is 5.33 Å². The first-order valence-electron chi connectivity index (χ1n) is 5.45. The van der Waals surface area contributed by atoms with Crippen molar-refractivity contribution in [3.8, 4) is 5.75 Å². The molecule has 2 aromatic carbocycles. The van der Waals surface area contributed by atoms with Gasteiger partial charge >= 0.3 is 0 Å². The zero-order valence-corrected chi connectivity index (χ0v) is 11.1. The lowest BCUT2D eigenvalue weighted by Crippen LogP contribution is -2.13. The van der Waals surface area contributed by atoms with Crippen LogP contribution < -0.4 is 5.32 Å². The number of carbonyl (C=O) groups excluding carboxylic acids is 1. The van der Waals surface area contributed by atoms with Crippen molar-refractivity contribution in [2.75, 3.05) is 5.32 Å². The number of carbonyl (C=O) groups is 1. The summed E-state index contributed by atoms with van der Waals surface area (Å²) in [5.74, 6) is -0.340. The average Bonchev–Trinajstić information content (AvgIpc) is 2.39. The first-order chi connectivity index (χ1) is 8.72. The van der Waals surface area contributed by atoms with Crippen LogP contribution in [0.25, 0.3) is 0 Å². The van der Waals surface area contributed by atoms with Gasteiger partial charge in [-0.3, -0.25) is 4.79 Å². The lowest BCUT2D eigenvalue weighted by atomic mass is 10.1. The fraction of sp³-hybridized carbons (Fsp3) is 0.0714. The molecule has 1 amide bonds. The van der Waals surface area contributed by atoms with Gasteiger partial charge in [-0.25, -0.2) is 0 Å². The molecular weight excluding hydrogens is 294 g/mol. The second-order valence-corrected chi connectivity index (χ2v) is 4.32. The van der Waals surface area contributed by atoms with Crippen molar-refractivity contribution in [2.24, 2.45) is 0 Å². The average molecular weight is 306 g/mol. The summed E-state index contributed by atoms with van der Waals surface area (Å²) in [6.07, 6.45) is 0. The lowest BCUT2D eigenvalue weighted by Gasteiger charge is -2.09. The summed E-state index contributed by atoms with van der Waals surface area (Å²) in [6.45, 7) is 0. The van der Waals surface area contributed by atoms with Gasteiger partial charge in [0.25, 0.3) is 5.91 Å². The van der Waals surface area contributed by atoms with Gasteiger partial charge < -0.3 is 10.4 Å². The van der Waals surface area contributed by atoms with Crippen LogP contribution in [0.5, 0.6) is 5.75 Å². The predicted octanol–water partition coefficient (Wildman–Crippen LogP) is 3.54. The Morgan fingerprint density at radius 3 is 2.50 bits per heavy atom. The molecule has 18 heavy (non-hydrogen) atoms. The van der Waals surface area contributed by atoms with Crippen molar-refractivity contribution in [3.63, 3.8) is 0 Å². The van der Waals surface area contributed by atoms with Crippen LogP contribution in [0.4, 0.5) is 5.69 Å². The molecule has 2 rings (SSSR count). The number of benzene rings is 2. The number of halogens is 1. The highest BCUT2D eigenvalue weighted by molar-refractivity contribution is 9.08. The number of hydrogen-bond donors (Lipinski definition) is 2. The molecule has 4 heteroatoms. The van der Waals surface area contributed by atoms with Crippen LogP contribution in [-0.4, -0.2) is 11.0 Å². The number of rotatable bonds is 3. The molecule has 0 saturated heterocycles. The minimum absolute atomic E-state index is 0.0219. The molecule has 0 atom stereocenters. The maximum atomic E-state index is 12.0. The second kappa shape index (κ2) is 5.69. The van der Waals surface area contributed by atoms with E-state index in [2.05, 4.69) is 21.2 Å². The standard InChI is InChI=1S/C14H12BrNO2/c15-9-10-5-1-3-7-12(10)16-14(18)11-6-2-4-8-13(11)17/h1-8,17H,9H2,(H,16,18). The Balaban J connectivity index is 2.24. The van der Waals surface area contributed by atoms with Gasteiger partial charge in [-0.15, -0.1) is 0 Å². The summed E-state index contributed by atoms with van der Waals surface area (Å²) in [5, 5.41) is 13.1. The number of alkyl halides is 1. The highest BCUT2D eigenvalue weighted by Crippen LogP contribution is 2.21. The summed E-state index contributed by atoms with van der Waals surface area (Å²) in [4.78, 5) is 12.0. The number of amides is 1. The van der Waals surface area contributed by atoms with E-state index < -0.39 is 0 Å². The molecule has 0 aliphatic rings. The number of phenolic OH excluding ortho intramolecular Hbond substituents is 1. The third kappa shape index (κ3) is 2.71. The molecule has 0 unspecified atom stereocenters. The molecule has 0 radical (unpaired) electrons. The van der Waals surface area contributed by atoms with Gasteiger partial charge in [0.1, 0.15) is 5.75 Å². The Kier molecular flexibility index (Phi) is 3.99. The van der Waals surface area contributed by atoms with Crippen molar-refractivity contribution in [1.29, 1.82) is 0 Å². The Bertz CT molecular complexity index is 569. The predicted molar refractivity (Wildman–Crippen MR) is 75.1 cm³/mol. The number of aromatic hydroxyl groups is 1. The van der Waals surface area contributed by atoms with E-state index in [1.54, 1.807) is 18.2 Å². The Labute approximate surface area is 114 Å². The van der Waals surface area contributed by atoms with Crippen LogP contribution in [0, 0.1) is 0 Å². The van der Waals surface area contributed by atoms with Gasteiger partial charge in [0.05, 0.1) is 5.56 Å². The van der Waals surface area contributed by atoms with Crippen molar-refractivity contribution < 1.29 is 9.90 Å². The third-order valence-electron chi connectivity index (χ3n) is 2.56. The minimum atomic E-state index is -0.318. The van der Waals surface area contributed by atoms with E-state index in [1.165, 1.54) is 6.07 Å². The number of para-hydroxylation sites is 2. The van der Waals surface area contributed by atoms with Gasteiger partial charge in [-0.1, -0.05) is 46.3 Å². The van der Waals surface area contributed by atoms with E-state index >= 15 is 0 Å². The first kappa shape index (κ1) is 12.6. The fourth-order valence-corrected chi connectivity index (χ4v) is 2.10. The smallest absolute Gasteiger partial charge is 0.259 e. The van der Waals surface area contributed by atoms with Crippen LogP contribution in [0.15, 0.2) is 48.5 Å². The summed E-state index contributed by atoms with van der Waals surface area (Å²) >= 11 is 3.37. The number of hydrogen-bond acceptors (Lipinski definition) is 2. The topological polar surface area (TPSA) is 49.3 Å². The largest absolute Gasteiger partial charge is 0.507 e. The minimum Gasteiger partial charge on any atom is -0.507 e. The quantitative estimate of drug-likeness (QED) is 0.852. The van der Waals surface area contributed by atoms with Crippen LogP contribution >= 0.6 is 15.9 Å². The molecule has 0 aromatic heterocycles. The van der Waals surface area contributed by atoms with E-state index in [1.807, 2.05) is 24.3 Å². The van der Waals surface area contributed by atoms with Crippen molar-refractivity contribution in [3.05, 3.63) is 59.7 Å². The SMILES string of the molecule is O=C(Nc1ccccc1CBr)c1ccccc1O. The molecule has 0 fully saturated rings. The summed E-state index contributed by atoms with van der Waals surface area (Å²) in [6, 6.07) is 14.0. The summed E-state index contributed by atoms with van der Waals surface area (Å²) < 4.78 is 0. The molecule has 0 saturated carbocycles. The molecule has 92 valence electrons. The molecule has 2 aromatic rings. The van der Waals surface area contributed by atoms with Gasteiger partial charge in [-0.2, -0.15) is 0 Å². The Morgan fingerprint density at radius 1 is 1.11 bits per heavy atom. The van der Waals surface area contributed by atoms with E-state index in [0.717, 1.165) is 11.3 Å². The maximum Gasteiger partial charge on any atom is 0.259 e. The van der Waals surface area contributed by atoms with Gasteiger partial charge in [0.2, 0.25) is 0 Å². The summed E-state index contributed by atoms with van der Waals surface area (Å²) in [7, 11) is 0. The fourth-order valence-electron chi connectivity index (χ4n) is 1.61. The molecular formula is C14H12BrNO2. The van der Waals surface area contributed by atoms with E-state index in [0.29, 0.717) is 5.33 Å². The summed E-state index contributed by atoms with van der Waals surface area (Å²) in [5.41, 5.74) is 1.99. The normalized spacial score (nSPS) is 10.1. The van der Waals surface area contributed by atoms with Crippen LogP contribution in [0.3, 0.4) is 0 Å². The monoisotopic (exact) mass is 305 g/mol. The van der Waals surface area contributed by atoms with E-state index in [9.17, 15) is 9.90 Å². The van der Waals surface area contributed by atoms with E-state index in [-0.39, 0.29) is 17.2 Å². The molecule has 0 heterocycles. The van der Waals surface area contributed by atoms with E-state index in [4.69, 9.17) is 0 Å². The van der Waals surface area contributed by atoms with Crippen LogP contribution in [0.1, 0.15) is 15.9 Å². The van der Waals surface area contributed by atoms with Crippen LogP contribution in [0.2, 0.25) is 0 Å². The number of phenols is 1. The van der Waals surface area contributed by atoms with Crippen molar-refractivity contribution >= 4 is 27.5 Å². The Hall–Kier alpha value is -1.81. The zero-order valence-electron chi connectivity index (χ0n) is 9.56. The first-order valence-corrected chi connectivity index (χ1v) is 6.57. The molecule has 0 bridgehead atoms. The van der Waals surface area contributed by atoms with Crippen molar-refractivity contribution in [1.82, 2.24) is 0 Å². The molecule has 2 N–H and O–H groups in total. The third-order valence-corrected chi connectivity index (χ3v) is 3.16. The van der Waals surface area contributed by atoms with Crippen molar-refractivity contribution in [2.45, 2.75) is 5.33 Å². The maximum absolute atomic E-state index is 12.0. The van der Waals surface area contributed by atoms with Gasteiger partial charge in [-0.05, 0) is 23.8 Å². The molecule has 0 aliphatic carbocycles. The second-order valence-electron chi connectivity index (χ2n) is 3.76. The molecule has 0 spiro atoms. The van der Waals surface area contributed by atoms with Gasteiger partial charge in [0, 0.05) is 11.0 Å². The number of nitrogens with one attached hydrogen (secondary N) is 1. The number of anilines is 1. The molecule has 3 nitrogen and oxygen atoms in total. The highest BCUT2D eigenvalue weighted by Gasteiger charge is 2.11. The zero-order chi connectivity index (χ0) is 13.0. The van der Waals surface area contributed by atoms with Gasteiger partial charge in [0.15, 0.2) is 0 Å². The Morgan fingerprint density at radius 2 is 1.78 bits per heavy atom.